The highest BCUT2D eigenvalue weighted by Gasteiger charge is 2.27. The average molecular weight is 319 g/mol. The van der Waals surface area contributed by atoms with Crippen molar-refractivity contribution in [3.63, 3.8) is 0 Å². The molecule has 5 nitrogen and oxygen atoms in total. The van der Waals surface area contributed by atoms with E-state index in [2.05, 4.69) is 5.32 Å². The maximum Gasteiger partial charge on any atom is 0.341 e. The summed E-state index contributed by atoms with van der Waals surface area (Å²) in [6.07, 6.45) is 1.17. The van der Waals surface area contributed by atoms with Crippen molar-refractivity contribution in [3.8, 4) is 0 Å². The Kier molecular flexibility index (Phi) is 4.40. The number of ether oxygens (including phenoxy) is 2. The van der Waals surface area contributed by atoms with Crippen molar-refractivity contribution in [1.82, 2.24) is 0 Å². The summed E-state index contributed by atoms with van der Waals surface area (Å²) in [6, 6.07) is 7.55. The smallest absolute Gasteiger partial charge is 0.341 e. The summed E-state index contributed by atoms with van der Waals surface area (Å²) in [6.45, 7) is 2.66. The Morgan fingerprint density at radius 2 is 2.23 bits per heavy atom. The van der Waals surface area contributed by atoms with E-state index in [1.54, 1.807) is 6.92 Å². The monoisotopic (exact) mass is 319 g/mol. The van der Waals surface area contributed by atoms with Gasteiger partial charge in [-0.25, -0.2) is 4.79 Å². The molecule has 1 amide bonds. The molecule has 2 heterocycles. The summed E-state index contributed by atoms with van der Waals surface area (Å²) in [5.41, 5.74) is 0.425. The van der Waals surface area contributed by atoms with Gasteiger partial charge in [-0.1, -0.05) is 18.2 Å². The molecule has 0 saturated carbocycles. The van der Waals surface area contributed by atoms with Gasteiger partial charge in [0.2, 0.25) is 0 Å². The van der Waals surface area contributed by atoms with Crippen molar-refractivity contribution in [2.45, 2.75) is 25.9 Å². The first-order valence-electron chi connectivity index (χ1n) is 7.32. The number of anilines is 1. The first kappa shape index (κ1) is 15.0. The van der Waals surface area contributed by atoms with Crippen LogP contribution in [-0.2, 0) is 14.3 Å². The first-order chi connectivity index (χ1) is 10.7. The zero-order chi connectivity index (χ0) is 15.5. The number of hydrogen-bond acceptors (Lipinski definition) is 5. The van der Waals surface area contributed by atoms with E-state index in [4.69, 9.17) is 9.47 Å². The van der Waals surface area contributed by atoms with Crippen LogP contribution in [0.4, 0.5) is 5.00 Å². The molecule has 6 heteroatoms. The normalized spacial score (nSPS) is 17.6. The van der Waals surface area contributed by atoms with E-state index in [1.807, 2.05) is 24.3 Å². The number of nitrogens with one attached hydrogen (secondary N) is 1. The molecule has 1 saturated heterocycles. The van der Waals surface area contributed by atoms with E-state index >= 15 is 0 Å². The third-order valence-corrected chi connectivity index (χ3v) is 4.62. The molecule has 2 aromatic rings. The van der Waals surface area contributed by atoms with Crippen LogP contribution < -0.4 is 5.32 Å². The summed E-state index contributed by atoms with van der Waals surface area (Å²) < 4.78 is 11.5. The van der Waals surface area contributed by atoms with Crippen molar-refractivity contribution >= 4 is 38.3 Å². The summed E-state index contributed by atoms with van der Waals surface area (Å²) in [5.74, 6) is -0.614. The fourth-order valence-corrected chi connectivity index (χ4v) is 3.61. The van der Waals surface area contributed by atoms with Crippen LogP contribution >= 0.6 is 11.3 Å². The van der Waals surface area contributed by atoms with Crippen LogP contribution in [0.3, 0.4) is 0 Å². The van der Waals surface area contributed by atoms with Gasteiger partial charge >= 0.3 is 5.97 Å². The number of fused-ring (bicyclic) bond motifs is 1. The van der Waals surface area contributed by atoms with Gasteiger partial charge in [-0.15, -0.1) is 11.3 Å². The summed E-state index contributed by atoms with van der Waals surface area (Å²) in [4.78, 5) is 24.5. The second kappa shape index (κ2) is 6.46. The van der Waals surface area contributed by atoms with Crippen molar-refractivity contribution in [3.05, 3.63) is 29.8 Å². The van der Waals surface area contributed by atoms with Gasteiger partial charge in [0, 0.05) is 16.7 Å². The molecule has 0 bridgehead atoms. The topological polar surface area (TPSA) is 64.6 Å². The quantitative estimate of drug-likeness (QED) is 0.879. The molecule has 0 unspecified atom stereocenters. The minimum Gasteiger partial charge on any atom is -0.462 e. The van der Waals surface area contributed by atoms with Gasteiger partial charge in [0.05, 0.1) is 6.61 Å². The highest BCUT2D eigenvalue weighted by molar-refractivity contribution is 7.23. The Morgan fingerprint density at radius 1 is 1.41 bits per heavy atom. The molecule has 0 spiro atoms. The largest absolute Gasteiger partial charge is 0.462 e. The maximum absolute atomic E-state index is 12.2. The van der Waals surface area contributed by atoms with Crippen LogP contribution in [0.5, 0.6) is 0 Å². The molecular weight excluding hydrogens is 302 g/mol. The summed E-state index contributed by atoms with van der Waals surface area (Å²) in [7, 11) is 0. The lowest BCUT2D eigenvalue weighted by Gasteiger charge is -2.10. The zero-order valence-electron chi connectivity index (χ0n) is 12.3. The summed E-state index contributed by atoms with van der Waals surface area (Å²) in [5, 5.41) is 4.16. The summed E-state index contributed by atoms with van der Waals surface area (Å²) >= 11 is 1.38. The third kappa shape index (κ3) is 2.84. The first-order valence-corrected chi connectivity index (χ1v) is 8.13. The van der Waals surface area contributed by atoms with Gasteiger partial charge in [0.25, 0.3) is 5.91 Å². The standard InChI is InChI=1S/C16H17NO4S/c1-2-20-16(19)13-10-6-3-4-8-12(10)22-15(13)17-14(18)11-7-5-9-21-11/h3-4,6,8,11H,2,5,7,9H2,1H3,(H,17,18)/t11-/m1/s1. The number of esters is 1. The van der Waals surface area contributed by atoms with Gasteiger partial charge < -0.3 is 14.8 Å². The van der Waals surface area contributed by atoms with Crippen molar-refractivity contribution in [2.75, 3.05) is 18.5 Å². The van der Waals surface area contributed by atoms with Gasteiger partial charge in [0.1, 0.15) is 16.7 Å². The number of carbonyl (C=O) groups excluding carboxylic acids is 2. The number of hydrogen-bond donors (Lipinski definition) is 1. The average Bonchev–Trinajstić information content (AvgIpc) is 3.14. The van der Waals surface area contributed by atoms with E-state index in [-0.39, 0.29) is 5.91 Å². The van der Waals surface area contributed by atoms with Crippen LogP contribution in [0.1, 0.15) is 30.1 Å². The highest BCUT2D eigenvalue weighted by atomic mass is 32.1. The Balaban J connectivity index is 1.95. The van der Waals surface area contributed by atoms with Gasteiger partial charge in [0.15, 0.2) is 0 Å². The number of rotatable bonds is 4. The molecular formula is C16H17NO4S. The maximum atomic E-state index is 12.2. The van der Waals surface area contributed by atoms with Gasteiger partial charge in [-0.3, -0.25) is 4.79 Å². The van der Waals surface area contributed by atoms with Crippen molar-refractivity contribution in [1.29, 1.82) is 0 Å². The van der Waals surface area contributed by atoms with Crippen molar-refractivity contribution < 1.29 is 19.1 Å². The molecule has 1 aliphatic heterocycles. The zero-order valence-corrected chi connectivity index (χ0v) is 13.1. The Morgan fingerprint density at radius 3 is 2.95 bits per heavy atom. The molecule has 1 N–H and O–H groups in total. The second-order valence-electron chi connectivity index (χ2n) is 5.01. The van der Waals surface area contributed by atoms with Crippen LogP contribution in [0, 0.1) is 0 Å². The van der Waals surface area contributed by atoms with E-state index in [9.17, 15) is 9.59 Å². The van der Waals surface area contributed by atoms with Crippen LogP contribution in [0.15, 0.2) is 24.3 Å². The molecule has 1 aromatic carbocycles. The molecule has 1 aromatic heterocycles. The fourth-order valence-electron chi connectivity index (χ4n) is 2.52. The molecule has 116 valence electrons. The highest BCUT2D eigenvalue weighted by Crippen LogP contribution is 2.36. The van der Waals surface area contributed by atoms with E-state index in [1.165, 1.54) is 11.3 Å². The minimum absolute atomic E-state index is 0.199. The third-order valence-electron chi connectivity index (χ3n) is 3.53. The number of carbonyl (C=O) groups is 2. The van der Waals surface area contributed by atoms with Gasteiger partial charge in [-0.05, 0) is 25.8 Å². The SMILES string of the molecule is CCOC(=O)c1c(NC(=O)[C@H]2CCCO2)sc2ccccc12. The molecule has 3 rings (SSSR count). The molecule has 1 fully saturated rings. The lowest BCUT2D eigenvalue weighted by atomic mass is 10.1. The second-order valence-corrected chi connectivity index (χ2v) is 6.07. The molecule has 22 heavy (non-hydrogen) atoms. The molecule has 0 radical (unpaired) electrons. The van der Waals surface area contributed by atoms with E-state index in [0.717, 1.165) is 16.5 Å². The number of thiophene rings is 1. The number of amides is 1. The molecule has 1 atom stereocenters. The lowest BCUT2D eigenvalue weighted by molar-refractivity contribution is -0.124. The Hall–Kier alpha value is -1.92. The van der Waals surface area contributed by atoms with E-state index < -0.39 is 12.1 Å². The van der Waals surface area contributed by atoms with E-state index in [0.29, 0.717) is 30.2 Å². The molecule has 0 aliphatic carbocycles. The van der Waals surface area contributed by atoms with Gasteiger partial charge in [-0.2, -0.15) is 0 Å². The van der Waals surface area contributed by atoms with Crippen LogP contribution in [-0.4, -0.2) is 31.2 Å². The predicted molar refractivity (Wildman–Crippen MR) is 85.4 cm³/mol. The minimum atomic E-state index is -0.430. The van der Waals surface area contributed by atoms with Crippen LogP contribution in [0.25, 0.3) is 10.1 Å². The number of benzene rings is 1. The molecule has 1 aliphatic rings. The van der Waals surface area contributed by atoms with Crippen LogP contribution in [0.2, 0.25) is 0 Å². The Labute approximate surface area is 132 Å². The lowest BCUT2D eigenvalue weighted by Crippen LogP contribution is -2.27. The predicted octanol–water partition coefficient (Wildman–Crippen LogP) is 3.20. The van der Waals surface area contributed by atoms with Crippen molar-refractivity contribution in [2.24, 2.45) is 0 Å². The Bertz CT molecular complexity index is 703. The fraction of sp³-hybridized carbons (Fsp3) is 0.375.